The van der Waals surface area contributed by atoms with Gasteiger partial charge in [0, 0.05) is 47.5 Å². The van der Waals surface area contributed by atoms with Crippen molar-refractivity contribution in [1.82, 2.24) is 20.1 Å². The number of nitrogens with zero attached hydrogens (tertiary/aromatic N) is 3. The minimum Gasteiger partial charge on any atom is -0.342 e. The van der Waals surface area contributed by atoms with Crippen LogP contribution in [-0.4, -0.2) is 39.1 Å². The molecule has 1 N–H and O–H groups in total. The Bertz CT molecular complexity index is 927. The highest BCUT2D eigenvalue weighted by Gasteiger charge is 2.26. The van der Waals surface area contributed by atoms with Crippen LogP contribution in [0.3, 0.4) is 0 Å². The van der Waals surface area contributed by atoms with Gasteiger partial charge in [-0.05, 0) is 38.1 Å². The van der Waals surface area contributed by atoms with Gasteiger partial charge in [-0.15, -0.1) is 0 Å². The summed E-state index contributed by atoms with van der Waals surface area (Å²) < 4.78 is 0. The summed E-state index contributed by atoms with van der Waals surface area (Å²) >= 11 is 0. The number of aromatic nitrogens is 3. The third-order valence-electron chi connectivity index (χ3n) is 5.45. The van der Waals surface area contributed by atoms with Crippen molar-refractivity contribution < 1.29 is 4.79 Å². The van der Waals surface area contributed by atoms with Crippen LogP contribution in [0.5, 0.6) is 0 Å². The Hall–Kier alpha value is -2.69. The van der Waals surface area contributed by atoms with Crippen molar-refractivity contribution in [3.8, 4) is 0 Å². The second-order valence-electron chi connectivity index (χ2n) is 7.22. The van der Waals surface area contributed by atoms with E-state index in [1.807, 2.05) is 31.0 Å². The Morgan fingerprint density at radius 3 is 2.85 bits per heavy atom. The second kappa shape index (κ2) is 6.90. The van der Waals surface area contributed by atoms with E-state index in [-0.39, 0.29) is 5.91 Å². The maximum Gasteiger partial charge on any atom is 0.227 e. The molecule has 5 nitrogen and oxygen atoms in total. The molecule has 0 bridgehead atoms. The molecule has 134 valence electrons. The van der Waals surface area contributed by atoms with Crippen LogP contribution < -0.4 is 0 Å². The zero-order valence-electron chi connectivity index (χ0n) is 15.3. The van der Waals surface area contributed by atoms with Gasteiger partial charge in [-0.1, -0.05) is 24.3 Å². The first-order valence-electron chi connectivity index (χ1n) is 9.24. The SMILES string of the molecule is Cc1n[nH]c(C)c1CC(=O)N1CCC[C@@H](c2cc3ccccc3cn2)C1. The summed E-state index contributed by atoms with van der Waals surface area (Å²) in [4.78, 5) is 19.5. The molecule has 0 saturated carbocycles. The van der Waals surface area contributed by atoms with Crippen molar-refractivity contribution in [2.24, 2.45) is 0 Å². The van der Waals surface area contributed by atoms with Crippen LogP contribution in [0.25, 0.3) is 10.8 Å². The van der Waals surface area contributed by atoms with E-state index in [9.17, 15) is 4.79 Å². The van der Waals surface area contributed by atoms with Crippen molar-refractivity contribution in [1.29, 1.82) is 0 Å². The highest BCUT2D eigenvalue weighted by molar-refractivity contribution is 5.82. The fourth-order valence-electron chi connectivity index (χ4n) is 3.87. The standard InChI is InChI=1S/C21H24N4O/c1-14-19(15(2)24-23-14)11-21(26)25-9-5-8-18(13-25)20-10-16-6-3-4-7-17(16)12-22-20/h3-4,6-7,10,12,18H,5,8-9,11,13H2,1-2H3,(H,23,24)/t18-/m1/s1. The zero-order valence-corrected chi connectivity index (χ0v) is 15.3. The summed E-state index contributed by atoms with van der Waals surface area (Å²) in [6.07, 6.45) is 4.48. The Kier molecular flexibility index (Phi) is 4.45. The number of hydrogen-bond acceptors (Lipinski definition) is 3. The molecule has 0 aliphatic carbocycles. The number of fused-ring (bicyclic) bond motifs is 1. The van der Waals surface area contributed by atoms with Gasteiger partial charge in [0.1, 0.15) is 0 Å². The van der Waals surface area contributed by atoms with Gasteiger partial charge in [0.15, 0.2) is 0 Å². The van der Waals surface area contributed by atoms with Gasteiger partial charge in [-0.2, -0.15) is 5.10 Å². The van der Waals surface area contributed by atoms with Crippen molar-refractivity contribution in [3.63, 3.8) is 0 Å². The summed E-state index contributed by atoms with van der Waals surface area (Å²) in [6.45, 7) is 5.50. The molecule has 0 radical (unpaired) electrons. The van der Waals surface area contributed by atoms with Crippen LogP contribution in [0.15, 0.2) is 36.5 Å². The van der Waals surface area contributed by atoms with E-state index >= 15 is 0 Å². The summed E-state index contributed by atoms with van der Waals surface area (Å²) in [5, 5.41) is 9.54. The number of carbonyl (C=O) groups is 1. The average Bonchev–Trinajstić information content (AvgIpc) is 2.99. The molecule has 1 atom stereocenters. The van der Waals surface area contributed by atoms with Crippen LogP contribution in [0.2, 0.25) is 0 Å². The minimum atomic E-state index is 0.183. The Morgan fingerprint density at radius 2 is 2.08 bits per heavy atom. The Labute approximate surface area is 153 Å². The number of hydrogen-bond donors (Lipinski definition) is 1. The number of amides is 1. The van der Waals surface area contributed by atoms with Gasteiger partial charge in [0.25, 0.3) is 0 Å². The third kappa shape index (κ3) is 3.21. The number of benzene rings is 1. The molecule has 0 unspecified atom stereocenters. The van der Waals surface area contributed by atoms with Crippen LogP contribution >= 0.6 is 0 Å². The summed E-state index contributed by atoms with van der Waals surface area (Å²) in [5.41, 5.74) is 4.03. The number of H-pyrrole nitrogens is 1. The molecule has 0 spiro atoms. The Balaban J connectivity index is 1.50. The molecule has 3 heterocycles. The molecule has 1 aromatic carbocycles. The largest absolute Gasteiger partial charge is 0.342 e. The number of nitrogens with one attached hydrogen (secondary N) is 1. The lowest BCUT2D eigenvalue weighted by molar-refractivity contribution is -0.131. The third-order valence-corrected chi connectivity index (χ3v) is 5.45. The van der Waals surface area contributed by atoms with Crippen molar-refractivity contribution in [3.05, 3.63) is 59.2 Å². The maximum absolute atomic E-state index is 12.8. The van der Waals surface area contributed by atoms with E-state index in [4.69, 9.17) is 0 Å². The van der Waals surface area contributed by atoms with Gasteiger partial charge < -0.3 is 4.90 Å². The number of aromatic amines is 1. The summed E-state index contributed by atoms with van der Waals surface area (Å²) in [6, 6.07) is 10.5. The number of rotatable bonds is 3. The molecule has 1 fully saturated rings. The molecule has 5 heteroatoms. The van der Waals surface area contributed by atoms with E-state index in [2.05, 4.69) is 39.4 Å². The first kappa shape index (κ1) is 16.8. The molecule has 1 aliphatic heterocycles. The van der Waals surface area contributed by atoms with Crippen molar-refractivity contribution in [2.75, 3.05) is 13.1 Å². The van der Waals surface area contributed by atoms with E-state index < -0.39 is 0 Å². The van der Waals surface area contributed by atoms with Gasteiger partial charge >= 0.3 is 0 Å². The molecule has 26 heavy (non-hydrogen) atoms. The first-order valence-corrected chi connectivity index (χ1v) is 9.24. The number of likely N-dealkylation sites (tertiary alicyclic amines) is 1. The number of piperidine rings is 1. The predicted octanol–water partition coefficient (Wildman–Crippen LogP) is 3.52. The number of aryl methyl sites for hydroxylation is 2. The van der Waals surface area contributed by atoms with Crippen LogP contribution in [0.4, 0.5) is 0 Å². The summed E-state index contributed by atoms with van der Waals surface area (Å²) in [7, 11) is 0. The lowest BCUT2D eigenvalue weighted by Crippen LogP contribution is -2.40. The molecular weight excluding hydrogens is 324 g/mol. The van der Waals surface area contributed by atoms with Crippen LogP contribution in [0, 0.1) is 13.8 Å². The van der Waals surface area contributed by atoms with Crippen molar-refractivity contribution >= 4 is 16.7 Å². The molecule has 1 amide bonds. The number of pyridine rings is 1. The second-order valence-corrected chi connectivity index (χ2v) is 7.22. The average molecular weight is 348 g/mol. The normalized spacial score (nSPS) is 17.6. The smallest absolute Gasteiger partial charge is 0.227 e. The molecule has 4 rings (SSSR count). The molecule has 1 aliphatic rings. The molecule has 2 aromatic heterocycles. The van der Waals surface area contributed by atoms with Crippen LogP contribution in [-0.2, 0) is 11.2 Å². The monoisotopic (exact) mass is 348 g/mol. The molecule has 3 aromatic rings. The Morgan fingerprint density at radius 1 is 1.27 bits per heavy atom. The first-order chi connectivity index (χ1) is 12.6. The molecule has 1 saturated heterocycles. The fourth-order valence-corrected chi connectivity index (χ4v) is 3.87. The minimum absolute atomic E-state index is 0.183. The quantitative estimate of drug-likeness (QED) is 0.788. The van der Waals surface area contributed by atoms with E-state index in [0.29, 0.717) is 12.3 Å². The van der Waals surface area contributed by atoms with E-state index in [1.165, 1.54) is 5.39 Å². The van der Waals surface area contributed by atoms with Gasteiger partial charge in [-0.25, -0.2) is 0 Å². The van der Waals surface area contributed by atoms with Gasteiger partial charge in [-0.3, -0.25) is 14.9 Å². The van der Waals surface area contributed by atoms with Crippen molar-refractivity contribution in [2.45, 2.75) is 39.0 Å². The molecular formula is C21H24N4O. The fraction of sp³-hybridized carbons (Fsp3) is 0.381. The zero-order chi connectivity index (χ0) is 18.1. The number of carbonyl (C=O) groups excluding carboxylic acids is 1. The summed E-state index contributed by atoms with van der Waals surface area (Å²) in [5.74, 6) is 0.493. The van der Waals surface area contributed by atoms with Gasteiger partial charge in [0.2, 0.25) is 5.91 Å². The van der Waals surface area contributed by atoms with Crippen LogP contribution in [0.1, 0.15) is 41.4 Å². The maximum atomic E-state index is 12.8. The predicted molar refractivity (Wildman–Crippen MR) is 102 cm³/mol. The van der Waals surface area contributed by atoms with Gasteiger partial charge in [0.05, 0.1) is 12.1 Å². The van der Waals surface area contributed by atoms with E-state index in [1.54, 1.807) is 0 Å². The van der Waals surface area contributed by atoms with E-state index in [0.717, 1.165) is 54.0 Å². The lowest BCUT2D eigenvalue weighted by Gasteiger charge is -2.32. The lowest BCUT2D eigenvalue weighted by atomic mass is 9.93. The highest BCUT2D eigenvalue weighted by Crippen LogP contribution is 2.28. The topological polar surface area (TPSA) is 61.9 Å². The highest BCUT2D eigenvalue weighted by atomic mass is 16.2.